The molecule has 3 aromatic rings. The lowest BCUT2D eigenvalue weighted by Gasteiger charge is -2.08. The van der Waals surface area contributed by atoms with E-state index in [1.54, 1.807) is 27.0 Å². The van der Waals surface area contributed by atoms with Crippen molar-refractivity contribution in [2.24, 2.45) is 7.05 Å². The first kappa shape index (κ1) is 16.7. The molecule has 2 heterocycles. The smallest absolute Gasteiger partial charge is 0.316 e. The fourth-order valence-corrected chi connectivity index (χ4v) is 2.56. The Bertz CT molecular complexity index is 980. The van der Waals surface area contributed by atoms with Crippen LogP contribution >= 0.6 is 0 Å². The summed E-state index contributed by atoms with van der Waals surface area (Å²) < 4.78 is 16.8. The molecule has 0 saturated carbocycles. The molecule has 1 N–H and O–H groups in total. The molecule has 5 nitrogen and oxygen atoms in total. The molecule has 0 spiro atoms. The quantitative estimate of drug-likeness (QED) is 0.750. The number of aromatic nitrogens is 3. The number of aromatic amines is 1. The molecule has 0 amide bonds. The molecule has 0 bridgehead atoms. The third-order valence-electron chi connectivity index (χ3n) is 3.59. The van der Waals surface area contributed by atoms with Crippen LogP contribution in [0.15, 0.2) is 34.0 Å². The summed E-state index contributed by atoms with van der Waals surface area (Å²) in [6, 6.07) is 4.62. The zero-order valence-corrected chi connectivity index (χ0v) is 13.9. The lowest BCUT2D eigenvalue weighted by Crippen LogP contribution is -2.21. The largest absolute Gasteiger partial charge is 0.331 e. The van der Waals surface area contributed by atoms with Gasteiger partial charge < -0.3 is 9.55 Å². The SMILES string of the molecule is CC.Cc1ccc(-n2c(=O)[nH]c3cn(C)c(=O)c(C)c32)c(F)c1. The Morgan fingerprint density at radius 1 is 1.13 bits per heavy atom. The van der Waals surface area contributed by atoms with E-state index in [0.29, 0.717) is 16.6 Å². The minimum absolute atomic E-state index is 0.133. The zero-order valence-electron chi connectivity index (χ0n) is 13.9. The topological polar surface area (TPSA) is 59.8 Å². The van der Waals surface area contributed by atoms with Crippen molar-refractivity contribution in [1.29, 1.82) is 0 Å². The molecule has 6 heteroatoms. The average Bonchev–Trinajstić information content (AvgIpc) is 2.83. The molecule has 1 aromatic carbocycles. The molecule has 0 aliphatic carbocycles. The monoisotopic (exact) mass is 317 g/mol. The van der Waals surface area contributed by atoms with Crippen molar-refractivity contribution < 1.29 is 4.39 Å². The van der Waals surface area contributed by atoms with E-state index < -0.39 is 11.5 Å². The molecule has 3 rings (SSSR count). The number of halogens is 1. The Balaban J connectivity index is 0.000000924. The minimum atomic E-state index is -0.502. The molecule has 0 aliphatic heterocycles. The standard InChI is InChI=1S/C15H14FN3O2.C2H6/c1-8-4-5-12(10(16)6-8)19-13-9(2)14(20)18(3)7-11(13)17-15(19)21;1-2/h4-7H,1-3H3,(H,17,21);1-2H3. The number of aryl methyl sites for hydroxylation is 3. The summed E-state index contributed by atoms with van der Waals surface area (Å²) in [5.41, 5.74) is 1.51. The van der Waals surface area contributed by atoms with Crippen LogP contribution in [0.2, 0.25) is 0 Å². The van der Waals surface area contributed by atoms with Gasteiger partial charge in [-0.15, -0.1) is 0 Å². The number of fused-ring (bicyclic) bond motifs is 1. The van der Waals surface area contributed by atoms with Gasteiger partial charge >= 0.3 is 5.69 Å². The zero-order chi connectivity index (χ0) is 17.3. The third-order valence-corrected chi connectivity index (χ3v) is 3.59. The summed E-state index contributed by atoms with van der Waals surface area (Å²) in [6.07, 6.45) is 1.54. The van der Waals surface area contributed by atoms with Crippen LogP contribution < -0.4 is 11.2 Å². The highest BCUT2D eigenvalue weighted by atomic mass is 19.1. The highest BCUT2D eigenvalue weighted by Crippen LogP contribution is 2.20. The van der Waals surface area contributed by atoms with Gasteiger partial charge in [0.25, 0.3) is 5.56 Å². The van der Waals surface area contributed by atoms with Crippen molar-refractivity contribution in [2.45, 2.75) is 27.7 Å². The summed E-state index contributed by atoms with van der Waals surface area (Å²) >= 11 is 0. The van der Waals surface area contributed by atoms with Gasteiger partial charge in [0.1, 0.15) is 5.82 Å². The Morgan fingerprint density at radius 2 is 1.78 bits per heavy atom. The van der Waals surface area contributed by atoms with E-state index in [1.165, 1.54) is 27.5 Å². The summed E-state index contributed by atoms with van der Waals surface area (Å²) in [7, 11) is 1.61. The number of rotatable bonds is 1. The molecule has 0 fully saturated rings. The summed E-state index contributed by atoms with van der Waals surface area (Å²) in [4.78, 5) is 26.9. The molecule has 0 radical (unpaired) electrons. The summed E-state index contributed by atoms with van der Waals surface area (Å²) in [6.45, 7) is 7.40. The van der Waals surface area contributed by atoms with Crippen LogP contribution in [-0.2, 0) is 7.05 Å². The maximum Gasteiger partial charge on any atom is 0.331 e. The second-order valence-electron chi connectivity index (χ2n) is 5.15. The summed E-state index contributed by atoms with van der Waals surface area (Å²) in [5.74, 6) is -0.502. The predicted octanol–water partition coefficient (Wildman–Crippen LogP) is 2.80. The van der Waals surface area contributed by atoms with Crippen molar-refractivity contribution in [1.82, 2.24) is 14.1 Å². The number of hydrogen-bond donors (Lipinski definition) is 1. The van der Waals surface area contributed by atoms with Crippen LogP contribution in [0.5, 0.6) is 0 Å². The Labute approximate surface area is 133 Å². The highest BCUT2D eigenvalue weighted by molar-refractivity contribution is 5.79. The lowest BCUT2D eigenvalue weighted by molar-refractivity contribution is 0.616. The van der Waals surface area contributed by atoms with Crippen molar-refractivity contribution in [2.75, 3.05) is 0 Å². The van der Waals surface area contributed by atoms with Crippen LogP contribution in [0.4, 0.5) is 4.39 Å². The van der Waals surface area contributed by atoms with Crippen LogP contribution in [0.25, 0.3) is 16.7 Å². The maximum atomic E-state index is 14.2. The molecule has 0 unspecified atom stereocenters. The molecule has 122 valence electrons. The lowest BCUT2D eigenvalue weighted by atomic mass is 10.2. The van der Waals surface area contributed by atoms with Gasteiger partial charge in [0.05, 0.1) is 16.7 Å². The molecule has 0 aliphatic rings. The Kier molecular flexibility index (Phi) is 4.54. The number of imidazole rings is 1. The normalized spacial score (nSPS) is 10.5. The van der Waals surface area contributed by atoms with E-state index in [4.69, 9.17) is 0 Å². The first-order valence-corrected chi connectivity index (χ1v) is 7.47. The van der Waals surface area contributed by atoms with Gasteiger partial charge in [0, 0.05) is 18.8 Å². The van der Waals surface area contributed by atoms with Gasteiger partial charge in [0.15, 0.2) is 0 Å². The van der Waals surface area contributed by atoms with Crippen LogP contribution in [-0.4, -0.2) is 14.1 Å². The highest BCUT2D eigenvalue weighted by Gasteiger charge is 2.16. The van der Waals surface area contributed by atoms with E-state index in [1.807, 2.05) is 13.8 Å². The van der Waals surface area contributed by atoms with Crippen LogP contribution in [0, 0.1) is 19.7 Å². The van der Waals surface area contributed by atoms with Crippen molar-refractivity contribution in [3.8, 4) is 5.69 Å². The third kappa shape index (κ3) is 2.72. The van der Waals surface area contributed by atoms with E-state index in [-0.39, 0.29) is 11.2 Å². The van der Waals surface area contributed by atoms with Gasteiger partial charge in [-0.1, -0.05) is 19.9 Å². The van der Waals surface area contributed by atoms with E-state index in [2.05, 4.69) is 4.98 Å². The van der Waals surface area contributed by atoms with Crippen molar-refractivity contribution in [3.63, 3.8) is 0 Å². The number of hydrogen-bond acceptors (Lipinski definition) is 2. The fourth-order valence-electron chi connectivity index (χ4n) is 2.56. The minimum Gasteiger partial charge on any atom is -0.316 e. The van der Waals surface area contributed by atoms with E-state index in [0.717, 1.165) is 5.56 Å². The average molecular weight is 317 g/mol. The molecule has 0 atom stereocenters. The Morgan fingerprint density at radius 3 is 2.39 bits per heavy atom. The number of H-pyrrole nitrogens is 1. The maximum absolute atomic E-state index is 14.2. The fraction of sp³-hybridized carbons (Fsp3) is 0.294. The first-order chi connectivity index (χ1) is 10.9. The van der Waals surface area contributed by atoms with Gasteiger partial charge in [-0.3, -0.25) is 9.36 Å². The number of pyridine rings is 1. The molecule has 23 heavy (non-hydrogen) atoms. The van der Waals surface area contributed by atoms with Crippen molar-refractivity contribution in [3.05, 3.63) is 62.2 Å². The second kappa shape index (κ2) is 6.24. The van der Waals surface area contributed by atoms with Gasteiger partial charge in [-0.05, 0) is 31.5 Å². The van der Waals surface area contributed by atoms with Gasteiger partial charge in [-0.25, -0.2) is 9.18 Å². The van der Waals surface area contributed by atoms with Crippen LogP contribution in [0.3, 0.4) is 0 Å². The van der Waals surface area contributed by atoms with E-state index in [9.17, 15) is 14.0 Å². The van der Waals surface area contributed by atoms with Crippen LogP contribution in [0.1, 0.15) is 25.0 Å². The predicted molar refractivity (Wildman–Crippen MR) is 89.9 cm³/mol. The molecule has 0 saturated heterocycles. The number of benzene rings is 1. The summed E-state index contributed by atoms with van der Waals surface area (Å²) in [5, 5.41) is 0. The van der Waals surface area contributed by atoms with Crippen molar-refractivity contribution >= 4 is 11.0 Å². The van der Waals surface area contributed by atoms with Gasteiger partial charge in [-0.2, -0.15) is 0 Å². The van der Waals surface area contributed by atoms with Gasteiger partial charge in [0.2, 0.25) is 0 Å². The van der Waals surface area contributed by atoms with E-state index >= 15 is 0 Å². The first-order valence-electron chi connectivity index (χ1n) is 7.47. The number of nitrogens with one attached hydrogen (secondary N) is 1. The molecular weight excluding hydrogens is 297 g/mol. The molecular formula is C17H20FN3O2. The second-order valence-corrected chi connectivity index (χ2v) is 5.15. The Hall–Kier alpha value is -2.63. The molecule has 2 aromatic heterocycles. The number of nitrogens with zero attached hydrogens (tertiary/aromatic N) is 2.